The summed E-state index contributed by atoms with van der Waals surface area (Å²) in [5.41, 5.74) is 2.30. The molecule has 0 amide bonds. The van der Waals surface area contributed by atoms with Gasteiger partial charge in [0, 0.05) is 27.5 Å². The molecule has 0 saturated carbocycles. The van der Waals surface area contributed by atoms with E-state index in [1.807, 2.05) is 0 Å². The lowest BCUT2D eigenvalue weighted by molar-refractivity contribution is 0.153. The summed E-state index contributed by atoms with van der Waals surface area (Å²) in [6.07, 6.45) is -2.63. The Morgan fingerprint density at radius 3 is 2.42 bits per heavy atom. The fraction of sp³-hybridized carbons (Fsp3) is 0.100. The second-order valence-electron chi connectivity index (χ2n) is 5.79. The molecule has 1 heterocycles. The molecule has 0 saturated heterocycles. The maximum Gasteiger partial charge on any atom is 0.264 e. The van der Waals surface area contributed by atoms with Gasteiger partial charge in [0.2, 0.25) is 0 Å². The SMILES string of the molecule is Cc1ccc(-c2ccc(C(F)F)c3c2oc2ccccc23)c(F)c1. The number of benzene rings is 3. The molecule has 0 aliphatic carbocycles. The van der Waals surface area contributed by atoms with Crippen molar-refractivity contribution in [2.75, 3.05) is 0 Å². The zero-order valence-corrected chi connectivity index (χ0v) is 12.8. The van der Waals surface area contributed by atoms with Crippen LogP contribution in [0.3, 0.4) is 0 Å². The average molecular weight is 326 g/mol. The van der Waals surface area contributed by atoms with Crippen LogP contribution < -0.4 is 0 Å². The first-order valence-corrected chi connectivity index (χ1v) is 7.55. The molecule has 0 aliphatic heterocycles. The van der Waals surface area contributed by atoms with Gasteiger partial charge in [0.15, 0.2) is 0 Å². The maximum absolute atomic E-state index is 14.4. The van der Waals surface area contributed by atoms with E-state index in [1.54, 1.807) is 43.3 Å². The molecule has 0 unspecified atom stereocenters. The van der Waals surface area contributed by atoms with Crippen LogP contribution in [-0.4, -0.2) is 0 Å². The molecule has 3 aromatic carbocycles. The lowest BCUT2D eigenvalue weighted by Crippen LogP contribution is -1.90. The molecular formula is C20H13F3O. The summed E-state index contributed by atoms with van der Waals surface area (Å²) in [7, 11) is 0. The van der Waals surface area contributed by atoms with E-state index in [0.717, 1.165) is 5.56 Å². The van der Waals surface area contributed by atoms with Crippen molar-refractivity contribution >= 4 is 21.9 Å². The summed E-state index contributed by atoms with van der Waals surface area (Å²) in [4.78, 5) is 0. The Morgan fingerprint density at radius 1 is 0.917 bits per heavy atom. The number of aryl methyl sites for hydroxylation is 1. The number of hydrogen-bond donors (Lipinski definition) is 0. The van der Waals surface area contributed by atoms with E-state index in [1.165, 1.54) is 18.2 Å². The van der Waals surface area contributed by atoms with Crippen LogP contribution in [0.2, 0.25) is 0 Å². The van der Waals surface area contributed by atoms with Gasteiger partial charge in [0.05, 0.1) is 0 Å². The van der Waals surface area contributed by atoms with Gasteiger partial charge in [-0.3, -0.25) is 0 Å². The van der Waals surface area contributed by atoms with E-state index in [0.29, 0.717) is 27.5 Å². The molecule has 120 valence electrons. The minimum atomic E-state index is -2.63. The zero-order valence-electron chi connectivity index (χ0n) is 12.8. The number of fused-ring (bicyclic) bond motifs is 3. The van der Waals surface area contributed by atoms with E-state index in [-0.39, 0.29) is 11.1 Å². The van der Waals surface area contributed by atoms with E-state index < -0.39 is 12.2 Å². The van der Waals surface area contributed by atoms with E-state index >= 15 is 0 Å². The Kier molecular flexibility index (Phi) is 3.34. The Labute approximate surface area is 136 Å². The van der Waals surface area contributed by atoms with E-state index in [2.05, 4.69) is 0 Å². The molecule has 4 rings (SSSR count). The van der Waals surface area contributed by atoms with Gasteiger partial charge in [-0.1, -0.05) is 36.4 Å². The maximum atomic E-state index is 14.4. The molecule has 0 spiro atoms. The molecule has 24 heavy (non-hydrogen) atoms. The topological polar surface area (TPSA) is 13.1 Å². The van der Waals surface area contributed by atoms with Gasteiger partial charge in [-0.25, -0.2) is 13.2 Å². The molecule has 4 heteroatoms. The largest absolute Gasteiger partial charge is 0.455 e. The summed E-state index contributed by atoms with van der Waals surface area (Å²) >= 11 is 0. The van der Waals surface area contributed by atoms with Gasteiger partial charge < -0.3 is 4.42 Å². The molecule has 4 aromatic rings. The van der Waals surface area contributed by atoms with Crippen molar-refractivity contribution in [3.05, 3.63) is 71.5 Å². The lowest BCUT2D eigenvalue weighted by atomic mass is 9.97. The highest BCUT2D eigenvalue weighted by molar-refractivity contribution is 6.11. The summed E-state index contributed by atoms with van der Waals surface area (Å²) in [5.74, 6) is -0.401. The Bertz CT molecular complexity index is 1060. The van der Waals surface area contributed by atoms with E-state index in [4.69, 9.17) is 4.42 Å². The van der Waals surface area contributed by atoms with Crippen LogP contribution in [0.25, 0.3) is 33.1 Å². The second kappa shape index (κ2) is 5.41. The number of hydrogen-bond acceptors (Lipinski definition) is 1. The van der Waals surface area contributed by atoms with Crippen molar-refractivity contribution < 1.29 is 17.6 Å². The Morgan fingerprint density at radius 2 is 1.67 bits per heavy atom. The predicted octanol–water partition coefficient (Wildman–Crippen LogP) is 6.64. The van der Waals surface area contributed by atoms with Crippen molar-refractivity contribution in [1.82, 2.24) is 0 Å². The quantitative estimate of drug-likeness (QED) is 0.402. The molecule has 1 nitrogen and oxygen atoms in total. The predicted molar refractivity (Wildman–Crippen MR) is 88.8 cm³/mol. The fourth-order valence-corrected chi connectivity index (χ4v) is 3.09. The number of halogens is 3. The lowest BCUT2D eigenvalue weighted by Gasteiger charge is -2.08. The van der Waals surface area contributed by atoms with Crippen LogP contribution in [-0.2, 0) is 0 Å². The van der Waals surface area contributed by atoms with Crippen LogP contribution in [0.15, 0.2) is 59.0 Å². The first-order valence-electron chi connectivity index (χ1n) is 7.55. The summed E-state index contributed by atoms with van der Waals surface area (Å²) < 4.78 is 47.1. The minimum absolute atomic E-state index is 0.105. The third-order valence-electron chi connectivity index (χ3n) is 4.21. The summed E-state index contributed by atoms with van der Waals surface area (Å²) in [6.45, 7) is 1.80. The molecule has 0 radical (unpaired) electrons. The third kappa shape index (κ3) is 2.18. The summed E-state index contributed by atoms with van der Waals surface area (Å²) in [6, 6.07) is 14.7. The third-order valence-corrected chi connectivity index (χ3v) is 4.21. The van der Waals surface area contributed by atoms with Crippen molar-refractivity contribution in [3.8, 4) is 11.1 Å². The molecule has 0 fully saturated rings. The Balaban J connectivity index is 2.13. The second-order valence-corrected chi connectivity index (χ2v) is 5.79. The highest BCUT2D eigenvalue weighted by Gasteiger charge is 2.21. The number of alkyl halides is 2. The molecule has 1 aromatic heterocycles. The number of para-hydroxylation sites is 1. The van der Waals surface area contributed by atoms with Gasteiger partial charge in [0.25, 0.3) is 6.43 Å². The molecule has 0 N–H and O–H groups in total. The smallest absolute Gasteiger partial charge is 0.264 e. The number of rotatable bonds is 2. The van der Waals surface area contributed by atoms with Crippen LogP contribution in [0.4, 0.5) is 13.2 Å². The van der Waals surface area contributed by atoms with Crippen LogP contribution in [0.1, 0.15) is 17.6 Å². The Hall–Kier alpha value is -2.75. The molecular weight excluding hydrogens is 313 g/mol. The van der Waals surface area contributed by atoms with Crippen molar-refractivity contribution in [1.29, 1.82) is 0 Å². The van der Waals surface area contributed by atoms with Crippen LogP contribution in [0, 0.1) is 12.7 Å². The van der Waals surface area contributed by atoms with Gasteiger partial charge in [0.1, 0.15) is 17.0 Å². The van der Waals surface area contributed by atoms with Crippen molar-refractivity contribution in [2.24, 2.45) is 0 Å². The average Bonchev–Trinajstić information content (AvgIpc) is 2.94. The van der Waals surface area contributed by atoms with Gasteiger partial charge in [-0.2, -0.15) is 0 Å². The van der Waals surface area contributed by atoms with Crippen LogP contribution >= 0.6 is 0 Å². The van der Waals surface area contributed by atoms with Gasteiger partial charge in [-0.15, -0.1) is 0 Å². The standard InChI is InChI=1S/C20H13F3O/c1-11-6-7-12(16(21)10-11)13-8-9-15(20(22)23)18-14-4-2-3-5-17(14)24-19(13)18/h2-10,20H,1H3. The summed E-state index contributed by atoms with van der Waals surface area (Å²) in [5, 5.41) is 0.954. The van der Waals surface area contributed by atoms with Crippen molar-refractivity contribution in [3.63, 3.8) is 0 Å². The normalized spacial score (nSPS) is 11.7. The monoisotopic (exact) mass is 326 g/mol. The highest BCUT2D eigenvalue weighted by Crippen LogP contribution is 2.41. The first kappa shape index (κ1) is 14.8. The molecule has 0 bridgehead atoms. The van der Waals surface area contributed by atoms with E-state index in [9.17, 15) is 13.2 Å². The van der Waals surface area contributed by atoms with Gasteiger partial charge in [-0.05, 0) is 30.7 Å². The highest BCUT2D eigenvalue weighted by atomic mass is 19.3. The molecule has 0 aliphatic rings. The van der Waals surface area contributed by atoms with Crippen LogP contribution in [0.5, 0.6) is 0 Å². The van der Waals surface area contributed by atoms with Gasteiger partial charge >= 0.3 is 0 Å². The molecule has 0 atom stereocenters. The fourth-order valence-electron chi connectivity index (χ4n) is 3.09. The number of furan rings is 1. The zero-order chi connectivity index (χ0) is 16.8. The minimum Gasteiger partial charge on any atom is -0.455 e. The van der Waals surface area contributed by atoms with Crippen molar-refractivity contribution in [2.45, 2.75) is 13.3 Å². The first-order chi connectivity index (χ1) is 11.6.